The normalized spacial score (nSPS) is 11.5. The number of hydrogen-bond donors (Lipinski definition) is 1. The second-order valence-electron chi connectivity index (χ2n) is 7.08. The van der Waals surface area contributed by atoms with Gasteiger partial charge < -0.3 is 15.0 Å². The van der Waals surface area contributed by atoms with Crippen molar-refractivity contribution in [1.29, 1.82) is 0 Å². The molecule has 0 aliphatic heterocycles. The number of carbonyl (C=O) groups excluding carboxylic acids is 2. The predicted molar refractivity (Wildman–Crippen MR) is 124 cm³/mol. The lowest BCUT2D eigenvalue weighted by molar-refractivity contribution is -0.142. The van der Waals surface area contributed by atoms with Crippen molar-refractivity contribution in [3.63, 3.8) is 0 Å². The van der Waals surface area contributed by atoms with Gasteiger partial charge in [0.25, 0.3) is 5.91 Å². The Kier molecular flexibility index (Phi) is 8.48. The van der Waals surface area contributed by atoms with Crippen LogP contribution >= 0.6 is 23.2 Å². The van der Waals surface area contributed by atoms with Crippen LogP contribution in [0.1, 0.15) is 18.2 Å². The van der Waals surface area contributed by atoms with Crippen LogP contribution in [0.3, 0.4) is 0 Å². The van der Waals surface area contributed by atoms with Gasteiger partial charge in [-0.05, 0) is 48.9 Å². The molecule has 1 unspecified atom stereocenters. The number of ether oxygens (including phenoxy) is 1. The summed E-state index contributed by atoms with van der Waals surface area (Å²) in [6, 6.07) is 18.8. The SMILES string of the molecule is CC(C(=O)NCc1ccccn1)N(Cc1ccc(Cl)cc1)C(=O)COc1ccccc1Cl. The fourth-order valence-corrected chi connectivity index (χ4v) is 3.30. The predicted octanol–water partition coefficient (Wildman–Crippen LogP) is 4.50. The number of aromatic nitrogens is 1. The third-order valence-electron chi connectivity index (χ3n) is 4.79. The number of amides is 2. The fraction of sp³-hybridized carbons (Fsp3) is 0.208. The van der Waals surface area contributed by atoms with Crippen LogP contribution in [0.2, 0.25) is 10.0 Å². The number of hydrogen-bond acceptors (Lipinski definition) is 4. The van der Waals surface area contributed by atoms with Crippen LogP contribution in [0.4, 0.5) is 0 Å². The molecular formula is C24H23Cl2N3O3. The molecule has 3 rings (SSSR count). The molecular weight excluding hydrogens is 449 g/mol. The Balaban J connectivity index is 1.71. The van der Waals surface area contributed by atoms with Crippen molar-refractivity contribution in [1.82, 2.24) is 15.2 Å². The molecule has 3 aromatic rings. The maximum absolute atomic E-state index is 13.1. The summed E-state index contributed by atoms with van der Waals surface area (Å²) in [5, 5.41) is 3.83. The van der Waals surface area contributed by atoms with Gasteiger partial charge in [-0.2, -0.15) is 0 Å². The highest BCUT2D eigenvalue weighted by Crippen LogP contribution is 2.23. The highest BCUT2D eigenvalue weighted by molar-refractivity contribution is 6.32. The number of pyridine rings is 1. The molecule has 1 N–H and O–H groups in total. The molecule has 166 valence electrons. The topological polar surface area (TPSA) is 71.5 Å². The molecule has 0 spiro atoms. The second-order valence-corrected chi connectivity index (χ2v) is 7.93. The molecule has 0 aliphatic carbocycles. The molecule has 2 aromatic carbocycles. The first-order chi connectivity index (χ1) is 15.4. The van der Waals surface area contributed by atoms with Crippen LogP contribution in [-0.2, 0) is 22.7 Å². The molecule has 6 nitrogen and oxygen atoms in total. The molecule has 0 bridgehead atoms. The smallest absolute Gasteiger partial charge is 0.261 e. The fourth-order valence-electron chi connectivity index (χ4n) is 2.98. The van der Waals surface area contributed by atoms with E-state index in [1.807, 2.05) is 24.3 Å². The Morgan fingerprint density at radius 3 is 2.44 bits per heavy atom. The van der Waals surface area contributed by atoms with Gasteiger partial charge in [-0.1, -0.05) is 53.5 Å². The van der Waals surface area contributed by atoms with Gasteiger partial charge in [0.1, 0.15) is 11.8 Å². The van der Waals surface area contributed by atoms with Crippen LogP contribution in [-0.4, -0.2) is 34.3 Å². The van der Waals surface area contributed by atoms with E-state index in [4.69, 9.17) is 27.9 Å². The monoisotopic (exact) mass is 471 g/mol. The van der Waals surface area contributed by atoms with Crippen LogP contribution in [0.5, 0.6) is 5.75 Å². The summed E-state index contributed by atoms with van der Waals surface area (Å²) in [7, 11) is 0. The van der Waals surface area contributed by atoms with Gasteiger partial charge in [0.2, 0.25) is 5.91 Å². The van der Waals surface area contributed by atoms with Gasteiger partial charge in [-0.25, -0.2) is 0 Å². The number of benzene rings is 2. The van der Waals surface area contributed by atoms with E-state index < -0.39 is 6.04 Å². The lowest BCUT2D eigenvalue weighted by Crippen LogP contribution is -2.48. The maximum Gasteiger partial charge on any atom is 0.261 e. The lowest BCUT2D eigenvalue weighted by atomic mass is 10.1. The standard InChI is InChI=1S/C24H23Cl2N3O3/c1-17(24(31)28-14-20-6-4-5-13-27-20)29(15-18-9-11-19(25)12-10-18)23(30)16-32-22-8-3-2-7-21(22)26/h2-13,17H,14-16H2,1H3,(H,28,31). The maximum atomic E-state index is 13.1. The van der Waals surface area contributed by atoms with Gasteiger partial charge in [0.15, 0.2) is 6.61 Å². The van der Waals surface area contributed by atoms with E-state index in [1.54, 1.807) is 55.6 Å². The van der Waals surface area contributed by atoms with E-state index in [0.29, 0.717) is 15.8 Å². The van der Waals surface area contributed by atoms with Crippen LogP contribution in [0.15, 0.2) is 72.9 Å². The number of rotatable bonds is 9. The Labute approximate surface area is 197 Å². The second kappa shape index (κ2) is 11.5. The summed E-state index contributed by atoms with van der Waals surface area (Å²) in [5.41, 5.74) is 1.57. The minimum absolute atomic E-state index is 0.222. The number of nitrogens with zero attached hydrogens (tertiary/aromatic N) is 2. The largest absolute Gasteiger partial charge is 0.482 e. The lowest BCUT2D eigenvalue weighted by Gasteiger charge is -2.28. The van der Waals surface area contributed by atoms with Crippen molar-refractivity contribution in [2.24, 2.45) is 0 Å². The van der Waals surface area contributed by atoms with Crippen LogP contribution in [0, 0.1) is 0 Å². The van der Waals surface area contributed by atoms with Gasteiger partial charge in [-0.15, -0.1) is 0 Å². The zero-order chi connectivity index (χ0) is 22.9. The molecule has 0 radical (unpaired) electrons. The Morgan fingerprint density at radius 2 is 1.75 bits per heavy atom. The first-order valence-corrected chi connectivity index (χ1v) is 10.8. The number of para-hydroxylation sites is 1. The quantitative estimate of drug-likeness (QED) is 0.498. The van der Waals surface area contributed by atoms with E-state index >= 15 is 0 Å². The Bertz CT molecular complexity index is 1050. The van der Waals surface area contributed by atoms with Gasteiger partial charge >= 0.3 is 0 Å². The number of halogens is 2. The van der Waals surface area contributed by atoms with Crippen molar-refractivity contribution in [2.45, 2.75) is 26.1 Å². The molecule has 0 saturated heterocycles. The van der Waals surface area contributed by atoms with Gasteiger partial charge in [0.05, 0.1) is 17.3 Å². The molecule has 32 heavy (non-hydrogen) atoms. The zero-order valence-electron chi connectivity index (χ0n) is 17.5. The molecule has 2 amide bonds. The van der Waals surface area contributed by atoms with Gasteiger partial charge in [-0.3, -0.25) is 14.6 Å². The summed E-state index contributed by atoms with van der Waals surface area (Å²) < 4.78 is 5.61. The molecule has 1 atom stereocenters. The van der Waals surface area contributed by atoms with Gasteiger partial charge in [0, 0.05) is 17.8 Å². The highest BCUT2D eigenvalue weighted by atomic mass is 35.5. The average molecular weight is 472 g/mol. The molecule has 1 heterocycles. The Hall–Kier alpha value is -3.09. The molecule has 0 saturated carbocycles. The Morgan fingerprint density at radius 1 is 1.03 bits per heavy atom. The molecule has 0 fully saturated rings. The summed E-state index contributed by atoms with van der Waals surface area (Å²) in [6.07, 6.45) is 1.66. The van der Waals surface area contributed by atoms with E-state index in [-0.39, 0.29) is 31.5 Å². The average Bonchev–Trinajstić information content (AvgIpc) is 2.81. The summed E-state index contributed by atoms with van der Waals surface area (Å²) in [5.74, 6) is -0.239. The minimum atomic E-state index is -0.739. The number of carbonyl (C=O) groups is 2. The van der Waals surface area contributed by atoms with Crippen molar-refractivity contribution in [2.75, 3.05) is 6.61 Å². The van der Waals surface area contributed by atoms with E-state index in [2.05, 4.69) is 10.3 Å². The summed E-state index contributed by atoms with van der Waals surface area (Å²) in [6.45, 7) is 1.91. The third-order valence-corrected chi connectivity index (χ3v) is 5.36. The van der Waals surface area contributed by atoms with Crippen molar-refractivity contribution in [3.8, 4) is 5.75 Å². The van der Waals surface area contributed by atoms with Crippen molar-refractivity contribution in [3.05, 3.63) is 94.2 Å². The third kappa shape index (κ3) is 6.70. The van der Waals surface area contributed by atoms with E-state index in [9.17, 15) is 9.59 Å². The van der Waals surface area contributed by atoms with Crippen LogP contribution in [0.25, 0.3) is 0 Å². The highest BCUT2D eigenvalue weighted by Gasteiger charge is 2.26. The first kappa shape index (κ1) is 23.6. The number of nitrogens with one attached hydrogen (secondary N) is 1. The molecule has 0 aliphatic rings. The summed E-state index contributed by atoms with van der Waals surface area (Å²) >= 11 is 12.1. The van der Waals surface area contributed by atoms with E-state index in [1.165, 1.54) is 4.90 Å². The van der Waals surface area contributed by atoms with Crippen LogP contribution < -0.4 is 10.1 Å². The van der Waals surface area contributed by atoms with Crippen molar-refractivity contribution >= 4 is 35.0 Å². The first-order valence-electron chi connectivity index (χ1n) is 10.0. The molecule has 1 aromatic heterocycles. The van der Waals surface area contributed by atoms with Crippen molar-refractivity contribution < 1.29 is 14.3 Å². The molecule has 8 heteroatoms. The van der Waals surface area contributed by atoms with E-state index in [0.717, 1.165) is 11.3 Å². The summed E-state index contributed by atoms with van der Waals surface area (Å²) in [4.78, 5) is 31.5. The minimum Gasteiger partial charge on any atom is -0.482 e. The zero-order valence-corrected chi connectivity index (χ0v) is 19.0.